The number of aryl methyl sites for hydroxylation is 1. The Morgan fingerprint density at radius 3 is 2.26 bits per heavy atom. The van der Waals surface area contributed by atoms with Crippen LogP contribution in [0.5, 0.6) is 5.75 Å². The van der Waals surface area contributed by atoms with Crippen molar-refractivity contribution in [1.82, 2.24) is 0 Å². The van der Waals surface area contributed by atoms with Crippen LogP contribution in [0.2, 0.25) is 0 Å². The fourth-order valence-electron chi connectivity index (χ4n) is 2.23. The second-order valence-electron chi connectivity index (χ2n) is 4.85. The summed E-state index contributed by atoms with van der Waals surface area (Å²) in [5.74, 6) is -2.29. The number of hydrogen-bond donors (Lipinski definition) is 1. The minimum absolute atomic E-state index is 0.00687. The molecule has 1 aromatic carbocycles. The Balaban J connectivity index is 2.68. The number of fused-ring (bicyclic) bond motifs is 1. The lowest BCUT2D eigenvalue weighted by atomic mass is 9.95. The second-order valence-corrected chi connectivity index (χ2v) is 4.85. The molecule has 0 saturated heterocycles. The van der Waals surface area contributed by atoms with Gasteiger partial charge in [-0.2, -0.15) is 26.3 Å². The van der Waals surface area contributed by atoms with E-state index in [9.17, 15) is 31.1 Å². The van der Waals surface area contributed by atoms with Crippen LogP contribution in [0.1, 0.15) is 23.6 Å². The van der Waals surface area contributed by atoms with Crippen LogP contribution in [0.4, 0.5) is 26.3 Å². The van der Waals surface area contributed by atoms with Crippen LogP contribution >= 0.6 is 0 Å². The van der Waals surface area contributed by atoms with Crippen molar-refractivity contribution in [2.75, 3.05) is 0 Å². The van der Waals surface area contributed by atoms with Gasteiger partial charge in [0.1, 0.15) is 5.75 Å². The van der Waals surface area contributed by atoms with Gasteiger partial charge in [0.2, 0.25) is 6.10 Å². The van der Waals surface area contributed by atoms with Crippen LogP contribution < -0.4 is 4.74 Å². The van der Waals surface area contributed by atoms with Crippen molar-refractivity contribution in [2.24, 2.45) is 0 Å². The van der Waals surface area contributed by atoms with Crippen LogP contribution in [-0.2, 0) is 17.4 Å². The first-order valence-corrected chi connectivity index (χ1v) is 6.37. The molecule has 1 N–H and O–H groups in total. The number of halogens is 6. The van der Waals surface area contributed by atoms with E-state index in [1.54, 1.807) is 0 Å². The maximum atomic E-state index is 12.9. The monoisotopic (exact) mass is 340 g/mol. The summed E-state index contributed by atoms with van der Waals surface area (Å²) in [4.78, 5) is 11.0. The number of carboxylic acids is 1. The van der Waals surface area contributed by atoms with Gasteiger partial charge in [-0.25, -0.2) is 4.79 Å². The Bertz CT molecular complexity index is 672. The van der Waals surface area contributed by atoms with Crippen LogP contribution in [0.15, 0.2) is 17.7 Å². The highest BCUT2D eigenvalue weighted by molar-refractivity contribution is 5.95. The van der Waals surface area contributed by atoms with E-state index in [0.717, 1.165) is 0 Å². The van der Waals surface area contributed by atoms with Gasteiger partial charge in [-0.05, 0) is 30.2 Å². The summed E-state index contributed by atoms with van der Waals surface area (Å²) in [7, 11) is 0. The topological polar surface area (TPSA) is 46.5 Å². The molecule has 9 heteroatoms. The smallest absolute Gasteiger partial charge is 0.430 e. The lowest BCUT2D eigenvalue weighted by Crippen LogP contribution is -2.40. The molecule has 2 rings (SSSR count). The average Bonchev–Trinajstić information content (AvgIpc) is 2.42. The summed E-state index contributed by atoms with van der Waals surface area (Å²) in [5.41, 5.74) is -2.66. The van der Waals surface area contributed by atoms with Crippen molar-refractivity contribution in [3.63, 3.8) is 0 Å². The van der Waals surface area contributed by atoms with Crippen molar-refractivity contribution in [1.29, 1.82) is 0 Å². The number of carboxylic acid groups (broad SMARTS) is 1. The number of aliphatic carboxylic acids is 1. The standard InChI is InChI=1S/C14H10F6O3/c1-2-6-3-8(13(15,16)17)4-7-5-9(12(21)22)11(14(18,19)20)23-10(6)7/h3-5,11H,2H2,1H3,(H,21,22)/t11-/m1/s1. The molecular formula is C14H10F6O3. The quantitative estimate of drug-likeness (QED) is 0.826. The zero-order valence-corrected chi connectivity index (χ0v) is 11.5. The Labute approximate surface area is 126 Å². The normalized spacial score (nSPS) is 18.0. The lowest BCUT2D eigenvalue weighted by molar-refractivity contribution is -0.187. The molecule has 126 valence electrons. The van der Waals surface area contributed by atoms with Gasteiger partial charge in [-0.1, -0.05) is 6.92 Å². The van der Waals surface area contributed by atoms with E-state index in [2.05, 4.69) is 0 Å². The summed E-state index contributed by atoms with van der Waals surface area (Å²) >= 11 is 0. The molecule has 0 aliphatic carbocycles. The van der Waals surface area contributed by atoms with Crippen molar-refractivity contribution in [2.45, 2.75) is 31.8 Å². The van der Waals surface area contributed by atoms with Gasteiger partial charge in [0, 0.05) is 5.56 Å². The fraction of sp³-hybridized carbons (Fsp3) is 0.357. The third-order valence-electron chi connectivity index (χ3n) is 3.28. The van der Waals surface area contributed by atoms with Crippen LogP contribution in [0.25, 0.3) is 6.08 Å². The van der Waals surface area contributed by atoms with E-state index in [4.69, 9.17) is 9.84 Å². The highest BCUT2D eigenvalue weighted by Crippen LogP contribution is 2.42. The maximum Gasteiger partial charge on any atom is 0.430 e. The highest BCUT2D eigenvalue weighted by atomic mass is 19.4. The van der Waals surface area contributed by atoms with E-state index < -0.39 is 35.6 Å². The average molecular weight is 340 g/mol. The van der Waals surface area contributed by atoms with Crippen LogP contribution in [0, 0.1) is 0 Å². The number of hydrogen-bond acceptors (Lipinski definition) is 2. The third kappa shape index (κ3) is 3.27. The lowest BCUT2D eigenvalue weighted by Gasteiger charge is -2.29. The molecule has 0 unspecified atom stereocenters. The van der Waals surface area contributed by atoms with Crippen LogP contribution in [-0.4, -0.2) is 23.4 Å². The van der Waals surface area contributed by atoms with Gasteiger partial charge >= 0.3 is 18.3 Å². The molecule has 0 spiro atoms. The van der Waals surface area contributed by atoms with Gasteiger partial charge in [0.25, 0.3) is 0 Å². The third-order valence-corrected chi connectivity index (χ3v) is 3.28. The molecule has 1 atom stereocenters. The van der Waals surface area contributed by atoms with Gasteiger partial charge in [-0.15, -0.1) is 0 Å². The molecule has 1 aliphatic rings. The van der Waals surface area contributed by atoms with E-state index >= 15 is 0 Å². The van der Waals surface area contributed by atoms with Crippen molar-refractivity contribution in [3.05, 3.63) is 34.4 Å². The van der Waals surface area contributed by atoms with E-state index in [0.29, 0.717) is 18.2 Å². The molecule has 0 aromatic heterocycles. The number of rotatable bonds is 2. The number of benzene rings is 1. The minimum atomic E-state index is -5.00. The van der Waals surface area contributed by atoms with Crippen LogP contribution in [0.3, 0.4) is 0 Å². The highest BCUT2D eigenvalue weighted by Gasteiger charge is 2.49. The zero-order chi connectivity index (χ0) is 17.6. The Kier molecular flexibility index (Phi) is 4.08. The molecule has 0 fully saturated rings. The Morgan fingerprint density at radius 2 is 1.83 bits per heavy atom. The van der Waals surface area contributed by atoms with E-state index in [1.165, 1.54) is 6.92 Å². The Hall–Kier alpha value is -2.19. The largest absolute Gasteiger partial charge is 0.478 e. The first-order chi connectivity index (χ1) is 10.4. The molecule has 0 bridgehead atoms. The summed E-state index contributed by atoms with van der Waals surface area (Å²) in [6.45, 7) is 1.46. The first kappa shape index (κ1) is 17.2. The van der Waals surface area contributed by atoms with Gasteiger partial charge in [0.05, 0.1) is 11.1 Å². The molecule has 1 heterocycles. The SMILES string of the molecule is CCc1cc(C(F)(F)F)cc2c1O[C@@H](C(F)(F)F)C(C(=O)O)=C2. The Morgan fingerprint density at radius 1 is 1.22 bits per heavy atom. The van der Waals surface area contributed by atoms with Gasteiger partial charge in [-0.3, -0.25) is 0 Å². The molecule has 0 saturated carbocycles. The summed E-state index contributed by atoms with van der Waals surface area (Å²) in [6, 6.07) is 1.27. The van der Waals surface area contributed by atoms with Crippen molar-refractivity contribution in [3.8, 4) is 5.75 Å². The molecule has 1 aliphatic heterocycles. The van der Waals surface area contributed by atoms with Crippen molar-refractivity contribution < 1.29 is 41.0 Å². The first-order valence-electron chi connectivity index (χ1n) is 6.37. The molecule has 0 radical (unpaired) electrons. The second kappa shape index (κ2) is 5.47. The zero-order valence-electron chi connectivity index (χ0n) is 11.5. The summed E-state index contributed by atoms with van der Waals surface area (Å²) in [5, 5.41) is 8.88. The molecule has 23 heavy (non-hydrogen) atoms. The minimum Gasteiger partial charge on any atom is -0.478 e. The van der Waals surface area contributed by atoms with E-state index in [-0.39, 0.29) is 23.3 Å². The number of ether oxygens (including phenoxy) is 1. The molecule has 1 aromatic rings. The summed E-state index contributed by atoms with van der Waals surface area (Å²) in [6.07, 6.45) is -11.9. The molecule has 3 nitrogen and oxygen atoms in total. The maximum absolute atomic E-state index is 12.9. The number of carbonyl (C=O) groups is 1. The van der Waals surface area contributed by atoms with Crippen molar-refractivity contribution >= 4 is 12.0 Å². The predicted octanol–water partition coefficient (Wildman–Crippen LogP) is 4.06. The predicted molar refractivity (Wildman–Crippen MR) is 66.9 cm³/mol. The van der Waals surface area contributed by atoms with Gasteiger partial charge in [0.15, 0.2) is 0 Å². The summed E-state index contributed by atoms with van der Waals surface area (Å²) < 4.78 is 82.1. The van der Waals surface area contributed by atoms with E-state index in [1.807, 2.05) is 0 Å². The molecular weight excluding hydrogens is 330 g/mol. The fourth-order valence-corrected chi connectivity index (χ4v) is 2.23. The number of alkyl halides is 6. The van der Waals surface area contributed by atoms with Gasteiger partial charge < -0.3 is 9.84 Å². The molecule has 0 amide bonds.